The molecule has 0 bridgehead atoms. The van der Waals surface area contributed by atoms with Crippen LogP contribution < -0.4 is 4.90 Å². The Kier molecular flexibility index (Phi) is 5.43. The van der Waals surface area contributed by atoms with Crippen molar-refractivity contribution in [1.29, 1.82) is 0 Å². The molecule has 1 aromatic heterocycles. The number of esters is 1. The van der Waals surface area contributed by atoms with E-state index in [9.17, 15) is 9.59 Å². The molecule has 1 aromatic rings. The van der Waals surface area contributed by atoms with Crippen LogP contribution in [0.2, 0.25) is 0 Å². The van der Waals surface area contributed by atoms with Crippen molar-refractivity contribution in [2.45, 2.75) is 45.6 Å². The van der Waals surface area contributed by atoms with Crippen LogP contribution in [-0.2, 0) is 9.53 Å². The minimum atomic E-state index is -0.309. The summed E-state index contributed by atoms with van der Waals surface area (Å²) >= 11 is 5.05. The molecule has 0 atom stereocenters. The summed E-state index contributed by atoms with van der Waals surface area (Å²) < 4.78 is 5.67. The van der Waals surface area contributed by atoms with Gasteiger partial charge >= 0.3 is 5.97 Å². The van der Waals surface area contributed by atoms with Crippen LogP contribution in [0.3, 0.4) is 0 Å². The van der Waals surface area contributed by atoms with Gasteiger partial charge in [-0.15, -0.1) is 11.3 Å². The molecule has 0 saturated heterocycles. The zero-order valence-electron chi connectivity index (χ0n) is 12.6. The van der Waals surface area contributed by atoms with Gasteiger partial charge < -0.3 is 9.64 Å². The maximum Gasteiger partial charge on any atom is 0.340 e. The second-order valence-corrected chi connectivity index (χ2v) is 7.55. The lowest BCUT2D eigenvalue weighted by atomic mass is 9.93. The van der Waals surface area contributed by atoms with Crippen LogP contribution in [-0.4, -0.2) is 31.4 Å². The summed E-state index contributed by atoms with van der Waals surface area (Å²) in [5.74, 6) is 0.0541. The lowest BCUT2D eigenvalue weighted by Gasteiger charge is -2.34. The maximum absolute atomic E-state index is 11.9. The van der Waals surface area contributed by atoms with E-state index < -0.39 is 0 Å². The fraction of sp³-hybridized carbons (Fsp3) is 0.600. The second kappa shape index (κ2) is 6.92. The number of carbonyl (C=O) groups excluding carboxylic acids is 2. The van der Waals surface area contributed by atoms with Crippen molar-refractivity contribution in [3.63, 3.8) is 0 Å². The normalized spacial score (nSPS) is 16.1. The molecule has 0 aliphatic heterocycles. The number of carbonyl (C=O) groups is 2. The first kappa shape index (κ1) is 16.5. The van der Waals surface area contributed by atoms with Gasteiger partial charge in [-0.3, -0.25) is 4.79 Å². The van der Waals surface area contributed by atoms with E-state index in [1.807, 2.05) is 6.92 Å². The van der Waals surface area contributed by atoms with Crippen molar-refractivity contribution < 1.29 is 14.3 Å². The predicted molar refractivity (Wildman–Crippen MR) is 88.4 cm³/mol. The lowest BCUT2D eigenvalue weighted by Crippen LogP contribution is -2.38. The number of ketones is 1. The van der Waals surface area contributed by atoms with Gasteiger partial charge in [-0.1, -0.05) is 0 Å². The molecule has 0 spiro atoms. The summed E-state index contributed by atoms with van der Waals surface area (Å²) in [4.78, 5) is 25.6. The summed E-state index contributed by atoms with van der Waals surface area (Å²) in [6, 6.07) is 0.377. The molecule has 2 rings (SSSR count). The zero-order chi connectivity index (χ0) is 15.6. The highest BCUT2D eigenvalue weighted by Gasteiger charge is 2.29. The van der Waals surface area contributed by atoms with Crippen molar-refractivity contribution in [3.8, 4) is 0 Å². The molecule has 0 radical (unpaired) electrons. The number of hydrogen-bond donors (Lipinski definition) is 0. The molecule has 0 unspecified atom stereocenters. The van der Waals surface area contributed by atoms with Gasteiger partial charge in [0.1, 0.15) is 5.78 Å². The number of rotatable bonds is 4. The number of nitrogens with zero attached hydrogens (tertiary/aromatic N) is 1. The summed E-state index contributed by atoms with van der Waals surface area (Å²) in [7, 11) is 1.40. The van der Waals surface area contributed by atoms with E-state index in [2.05, 4.69) is 27.8 Å². The third-order valence-corrected chi connectivity index (χ3v) is 6.02. The van der Waals surface area contributed by atoms with E-state index >= 15 is 0 Å². The van der Waals surface area contributed by atoms with Crippen LogP contribution >= 0.6 is 27.3 Å². The molecule has 0 amide bonds. The van der Waals surface area contributed by atoms with Gasteiger partial charge in [-0.2, -0.15) is 0 Å². The number of methoxy groups -OCH3 is 1. The number of thiophene rings is 1. The van der Waals surface area contributed by atoms with Crippen LogP contribution in [0.1, 0.15) is 48.5 Å². The van der Waals surface area contributed by atoms with Crippen molar-refractivity contribution in [1.82, 2.24) is 0 Å². The van der Waals surface area contributed by atoms with E-state index in [-0.39, 0.29) is 5.97 Å². The maximum atomic E-state index is 11.9. The van der Waals surface area contributed by atoms with Crippen LogP contribution in [0.25, 0.3) is 0 Å². The minimum Gasteiger partial charge on any atom is -0.465 e. The summed E-state index contributed by atoms with van der Waals surface area (Å²) in [6.07, 6.45) is 3.12. The average molecular weight is 374 g/mol. The van der Waals surface area contributed by atoms with Crippen molar-refractivity contribution in [2.75, 3.05) is 18.6 Å². The molecule has 4 nitrogen and oxygen atoms in total. The van der Waals surface area contributed by atoms with Gasteiger partial charge in [0.25, 0.3) is 0 Å². The lowest BCUT2D eigenvalue weighted by molar-refractivity contribution is -0.120. The molecule has 6 heteroatoms. The Morgan fingerprint density at radius 3 is 2.57 bits per heavy atom. The third-order valence-electron chi connectivity index (χ3n) is 4.02. The third kappa shape index (κ3) is 3.31. The fourth-order valence-electron chi connectivity index (χ4n) is 2.88. The Hall–Kier alpha value is -0.880. The Morgan fingerprint density at radius 2 is 2.05 bits per heavy atom. The highest BCUT2D eigenvalue weighted by atomic mass is 79.9. The van der Waals surface area contributed by atoms with E-state index in [1.54, 1.807) is 11.3 Å². The summed E-state index contributed by atoms with van der Waals surface area (Å²) in [5, 5.41) is 1.10. The Morgan fingerprint density at radius 1 is 1.43 bits per heavy atom. The first-order valence-electron chi connectivity index (χ1n) is 7.15. The van der Waals surface area contributed by atoms with Crippen molar-refractivity contribution in [3.05, 3.63) is 14.9 Å². The van der Waals surface area contributed by atoms with Crippen molar-refractivity contribution in [2.24, 2.45) is 0 Å². The first-order chi connectivity index (χ1) is 9.99. The van der Waals surface area contributed by atoms with Gasteiger partial charge in [0, 0.05) is 25.4 Å². The van der Waals surface area contributed by atoms with Crippen LogP contribution in [0.4, 0.5) is 5.00 Å². The zero-order valence-corrected chi connectivity index (χ0v) is 15.0. The SMILES string of the molecule is CCN(c1sc(Br)c(C(=O)OC)c1C)C1CCC(=O)CC1. The monoisotopic (exact) mass is 373 g/mol. The van der Waals surface area contributed by atoms with Gasteiger partial charge in [-0.05, 0) is 48.2 Å². The Balaban J connectivity index is 2.30. The van der Waals surface area contributed by atoms with E-state index in [4.69, 9.17) is 4.74 Å². The Labute approximate surface area is 137 Å². The van der Waals surface area contributed by atoms with E-state index in [0.717, 1.165) is 33.7 Å². The molecule has 1 aliphatic rings. The molecular weight excluding hydrogens is 354 g/mol. The number of halogens is 1. The molecule has 1 fully saturated rings. The molecule has 0 aromatic carbocycles. The number of anilines is 1. The Bertz CT molecular complexity index is 545. The molecule has 1 aliphatic carbocycles. The smallest absolute Gasteiger partial charge is 0.340 e. The van der Waals surface area contributed by atoms with Crippen molar-refractivity contribution >= 4 is 44.0 Å². The highest BCUT2D eigenvalue weighted by Crippen LogP contribution is 2.41. The number of ether oxygens (including phenoxy) is 1. The largest absolute Gasteiger partial charge is 0.465 e. The molecule has 1 saturated carbocycles. The standard InChI is InChI=1S/C15H20BrNO3S/c1-4-17(10-5-7-11(18)8-6-10)14-9(2)12(13(16)21-14)15(19)20-3/h10H,4-8H2,1-3H3. The second-order valence-electron chi connectivity index (χ2n) is 5.23. The van der Waals surface area contributed by atoms with Gasteiger partial charge in [0.2, 0.25) is 0 Å². The molecule has 21 heavy (non-hydrogen) atoms. The van der Waals surface area contributed by atoms with Crippen LogP contribution in [0, 0.1) is 6.92 Å². The number of Topliss-reactive ketones (excluding diaryl/α,β-unsaturated/α-hetero) is 1. The molecule has 0 N–H and O–H groups in total. The first-order valence-corrected chi connectivity index (χ1v) is 8.76. The van der Waals surface area contributed by atoms with E-state index in [0.29, 0.717) is 30.2 Å². The van der Waals surface area contributed by atoms with Gasteiger partial charge in [0.05, 0.1) is 21.5 Å². The van der Waals surface area contributed by atoms with Gasteiger partial charge in [-0.25, -0.2) is 4.79 Å². The van der Waals surface area contributed by atoms with Crippen LogP contribution in [0.15, 0.2) is 3.79 Å². The topological polar surface area (TPSA) is 46.6 Å². The average Bonchev–Trinajstić information content (AvgIpc) is 2.76. The fourth-order valence-corrected chi connectivity index (χ4v) is 4.96. The summed E-state index contributed by atoms with van der Waals surface area (Å²) in [6.45, 7) is 4.94. The quantitative estimate of drug-likeness (QED) is 0.749. The number of hydrogen-bond acceptors (Lipinski definition) is 5. The minimum absolute atomic E-state index is 0.309. The van der Waals surface area contributed by atoms with E-state index in [1.165, 1.54) is 7.11 Å². The van der Waals surface area contributed by atoms with Crippen LogP contribution in [0.5, 0.6) is 0 Å². The predicted octanol–water partition coefficient (Wildman–Crippen LogP) is 3.94. The molecular formula is C15H20BrNO3S. The molecule has 1 heterocycles. The highest BCUT2D eigenvalue weighted by molar-refractivity contribution is 9.11. The summed E-state index contributed by atoms with van der Waals surface area (Å²) in [5.41, 5.74) is 1.57. The molecule has 116 valence electrons. The van der Waals surface area contributed by atoms with Gasteiger partial charge in [0.15, 0.2) is 0 Å².